The number of nitrogens with zero attached hydrogens (tertiary/aromatic N) is 3. The Kier molecular flexibility index (Phi) is 2.57. The molecule has 0 saturated heterocycles. The predicted octanol–water partition coefficient (Wildman–Crippen LogP) is 3.55. The Morgan fingerprint density at radius 3 is 2.83 bits per heavy atom. The minimum Gasteiger partial charge on any atom is -0.321 e. The largest absolute Gasteiger partial charge is 0.321 e. The molecule has 1 fully saturated rings. The Balaban J connectivity index is 2.33. The molecule has 1 aliphatic carbocycles. The lowest BCUT2D eigenvalue weighted by molar-refractivity contribution is 0.171. The molecule has 2 aromatic rings. The molecule has 1 aliphatic rings. The summed E-state index contributed by atoms with van der Waals surface area (Å²) in [6, 6.07) is 7.96. The highest BCUT2D eigenvalue weighted by atomic mass is 35.5. The summed E-state index contributed by atoms with van der Waals surface area (Å²) in [7, 11) is 0. The van der Waals surface area contributed by atoms with Gasteiger partial charge in [0.25, 0.3) is 0 Å². The van der Waals surface area contributed by atoms with E-state index in [4.69, 9.17) is 16.9 Å². The molecule has 4 heteroatoms. The van der Waals surface area contributed by atoms with Gasteiger partial charge in [-0.2, -0.15) is 5.26 Å². The smallest absolute Gasteiger partial charge is 0.125 e. The first-order chi connectivity index (χ1) is 8.69. The Labute approximate surface area is 111 Å². The van der Waals surface area contributed by atoms with Crippen molar-refractivity contribution in [1.29, 1.82) is 5.26 Å². The molecule has 18 heavy (non-hydrogen) atoms. The molecule has 92 valence electrons. The fourth-order valence-corrected chi connectivity index (χ4v) is 3.02. The quantitative estimate of drug-likeness (QED) is 0.774. The zero-order valence-corrected chi connectivity index (χ0v) is 11.0. The number of imidazole rings is 1. The average Bonchev–Trinajstić information content (AvgIpc) is 2.74. The van der Waals surface area contributed by atoms with Crippen LogP contribution in [-0.2, 0) is 11.4 Å². The maximum absolute atomic E-state index is 9.15. The fraction of sp³-hybridized carbons (Fsp3) is 0.429. The van der Waals surface area contributed by atoms with Crippen LogP contribution in [0.3, 0.4) is 0 Å². The van der Waals surface area contributed by atoms with Crippen LogP contribution >= 0.6 is 11.6 Å². The third-order valence-electron chi connectivity index (χ3n) is 3.97. The number of aromatic nitrogens is 2. The van der Waals surface area contributed by atoms with Crippen LogP contribution in [0, 0.1) is 11.3 Å². The van der Waals surface area contributed by atoms with E-state index in [9.17, 15) is 0 Å². The molecule has 0 aliphatic heterocycles. The second-order valence-corrected chi connectivity index (χ2v) is 5.40. The summed E-state index contributed by atoms with van der Waals surface area (Å²) >= 11 is 6.02. The number of fused-ring (bicyclic) bond motifs is 1. The molecule has 0 atom stereocenters. The normalized spacial score (nSPS) is 17.4. The first kappa shape index (κ1) is 11.6. The number of alkyl halides is 1. The number of rotatable bonds is 2. The summed E-state index contributed by atoms with van der Waals surface area (Å²) in [6.45, 7) is 2.24. The molecule has 3 nitrogen and oxygen atoms in total. The van der Waals surface area contributed by atoms with E-state index in [2.05, 4.69) is 22.5 Å². The standard InChI is InChI=1S/C14H14ClN3/c1-14(6-3-7-14)18-11-5-2-4-10(9-16)13(11)17-12(18)8-15/h2,4-5H,3,6-8H2,1H3. The van der Waals surface area contributed by atoms with Gasteiger partial charge in [-0.25, -0.2) is 4.98 Å². The minimum absolute atomic E-state index is 0.118. The molecular formula is C14H14ClN3. The second kappa shape index (κ2) is 4.00. The van der Waals surface area contributed by atoms with E-state index in [0.29, 0.717) is 11.4 Å². The maximum atomic E-state index is 9.15. The monoisotopic (exact) mass is 259 g/mol. The van der Waals surface area contributed by atoms with Gasteiger partial charge in [0.2, 0.25) is 0 Å². The summed E-state index contributed by atoms with van der Waals surface area (Å²) in [5.41, 5.74) is 2.56. The second-order valence-electron chi connectivity index (χ2n) is 5.13. The van der Waals surface area contributed by atoms with Gasteiger partial charge in [-0.05, 0) is 38.3 Å². The van der Waals surface area contributed by atoms with Crippen LogP contribution in [0.4, 0.5) is 0 Å². The van der Waals surface area contributed by atoms with Gasteiger partial charge in [-0.1, -0.05) is 6.07 Å². The van der Waals surface area contributed by atoms with Crippen LogP contribution in [-0.4, -0.2) is 9.55 Å². The highest BCUT2D eigenvalue weighted by Crippen LogP contribution is 2.42. The maximum Gasteiger partial charge on any atom is 0.125 e. The van der Waals surface area contributed by atoms with Crippen molar-refractivity contribution in [2.24, 2.45) is 0 Å². The topological polar surface area (TPSA) is 41.6 Å². The van der Waals surface area contributed by atoms with Gasteiger partial charge < -0.3 is 4.57 Å². The molecule has 0 radical (unpaired) electrons. The molecule has 1 aromatic heterocycles. The molecular weight excluding hydrogens is 246 g/mol. The van der Waals surface area contributed by atoms with Crippen molar-refractivity contribution in [2.45, 2.75) is 37.6 Å². The minimum atomic E-state index is 0.118. The molecule has 0 bridgehead atoms. The number of hydrogen-bond donors (Lipinski definition) is 0. The van der Waals surface area contributed by atoms with Crippen molar-refractivity contribution in [3.8, 4) is 6.07 Å². The molecule has 1 saturated carbocycles. The van der Waals surface area contributed by atoms with E-state index in [-0.39, 0.29) is 5.54 Å². The van der Waals surface area contributed by atoms with Crippen LogP contribution in [0.1, 0.15) is 37.6 Å². The molecule has 1 aromatic carbocycles. The summed E-state index contributed by atoms with van der Waals surface area (Å²) in [5.74, 6) is 1.26. The van der Waals surface area contributed by atoms with Crippen LogP contribution in [0.2, 0.25) is 0 Å². The Bertz CT molecular complexity index is 647. The third-order valence-corrected chi connectivity index (χ3v) is 4.20. The van der Waals surface area contributed by atoms with Gasteiger partial charge >= 0.3 is 0 Å². The average molecular weight is 260 g/mol. The van der Waals surface area contributed by atoms with Crippen LogP contribution in [0.5, 0.6) is 0 Å². The van der Waals surface area contributed by atoms with Gasteiger partial charge in [0.15, 0.2) is 0 Å². The molecule has 0 unspecified atom stereocenters. The zero-order valence-electron chi connectivity index (χ0n) is 10.3. The Morgan fingerprint density at radius 1 is 1.50 bits per heavy atom. The van der Waals surface area contributed by atoms with Crippen molar-refractivity contribution in [2.75, 3.05) is 0 Å². The molecule has 0 spiro atoms. The fourth-order valence-electron chi connectivity index (χ4n) is 2.84. The zero-order chi connectivity index (χ0) is 12.8. The third kappa shape index (κ3) is 1.46. The van der Waals surface area contributed by atoms with Crippen molar-refractivity contribution >= 4 is 22.6 Å². The number of nitriles is 1. The lowest BCUT2D eigenvalue weighted by Crippen LogP contribution is -2.38. The number of para-hydroxylation sites is 1. The van der Waals surface area contributed by atoms with Crippen LogP contribution in [0.15, 0.2) is 18.2 Å². The molecule has 1 heterocycles. The van der Waals surface area contributed by atoms with Crippen molar-refractivity contribution in [3.05, 3.63) is 29.6 Å². The van der Waals surface area contributed by atoms with E-state index in [0.717, 1.165) is 29.7 Å². The van der Waals surface area contributed by atoms with Gasteiger partial charge in [-0.3, -0.25) is 0 Å². The highest BCUT2D eigenvalue weighted by Gasteiger charge is 2.36. The Morgan fingerprint density at radius 2 is 2.28 bits per heavy atom. The van der Waals surface area contributed by atoms with Crippen molar-refractivity contribution in [3.63, 3.8) is 0 Å². The van der Waals surface area contributed by atoms with Crippen LogP contribution in [0.25, 0.3) is 11.0 Å². The van der Waals surface area contributed by atoms with Gasteiger partial charge in [0.1, 0.15) is 17.4 Å². The molecule has 0 N–H and O–H groups in total. The van der Waals surface area contributed by atoms with E-state index < -0.39 is 0 Å². The lowest BCUT2D eigenvalue weighted by atomic mass is 9.78. The highest BCUT2D eigenvalue weighted by molar-refractivity contribution is 6.16. The molecule has 0 amide bonds. The number of benzene rings is 1. The SMILES string of the molecule is CC1(n2c(CCl)nc3c(C#N)cccc32)CCC1. The number of halogens is 1. The van der Waals surface area contributed by atoms with E-state index in [1.165, 1.54) is 6.42 Å². The van der Waals surface area contributed by atoms with Crippen LogP contribution < -0.4 is 0 Å². The van der Waals surface area contributed by atoms with E-state index >= 15 is 0 Å². The van der Waals surface area contributed by atoms with Gasteiger partial charge in [0.05, 0.1) is 17.0 Å². The summed E-state index contributed by atoms with van der Waals surface area (Å²) in [5, 5.41) is 9.15. The summed E-state index contributed by atoms with van der Waals surface area (Å²) < 4.78 is 2.24. The van der Waals surface area contributed by atoms with Crippen molar-refractivity contribution < 1.29 is 0 Å². The van der Waals surface area contributed by atoms with Crippen molar-refractivity contribution in [1.82, 2.24) is 9.55 Å². The summed E-state index contributed by atoms with van der Waals surface area (Å²) in [6.07, 6.45) is 3.55. The summed E-state index contributed by atoms with van der Waals surface area (Å²) in [4.78, 5) is 4.56. The Hall–Kier alpha value is -1.53. The predicted molar refractivity (Wildman–Crippen MR) is 71.5 cm³/mol. The van der Waals surface area contributed by atoms with E-state index in [1.54, 1.807) is 6.07 Å². The van der Waals surface area contributed by atoms with Gasteiger partial charge in [0, 0.05) is 5.54 Å². The first-order valence-corrected chi connectivity index (χ1v) is 6.70. The molecule has 3 rings (SSSR count). The van der Waals surface area contributed by atoms with E-state index in [1.807, 2.05) is 12.1 Å². The van der Waals surface area contributed by atoms with Gasteiger partial charge in [-0.15, -0.1) is 11.6 Å². The first-order valence-electron chi connectivity index (χ1n) is 6.16. The lowest BCUT2D eigenvalue weighted by Gasteiger charge is -2.41. The number of hydrogen-bond acceptors (Lipinski definition) is 2.